The van der Waals surface area contributed by atoms with E-state index in [0.717, 1.165) is 11.3 Å². The molecule has 0 bridgehead atoms. The van der Waals surface area contributed by atoms with Gasteiger partial charge in [-0.25, -0.2) is 0 Å². The predicted octanol–water partition coefficient (Wildman–Crippen LogP) is 1.15. The second kappa shape index (κ2) is 7.29. The van der Waals surface area contributed by atoms with Gasteiger partial charge in [-0.3, -0.25) is 9.78 Å². The molecule has 0 aromatic carbocycles. The smallest absolute Gasteiger partial charge is 0.251 e. The zero-order valence-electron chi connectivity index (χ0n) is 10.2. The Labute approximate surface area is 106 Å². The summed E-state index contributed by atoms with van der Waals surface area (Å²) in [6, 6.07) is 3.74. The molecule has 0 aliphatic carbocycles. The Morgan fingerprint density at radius 3 is 3.00 bits per heavy atom. The molecule has 1 amide bonds. The third kappa shape index (κ3) is 4.75. The van der Waals surface area contributed by atoms with Crippen molar-refractivity contribution >= 4 is 17.7 Å². The van der Waals surface area contributed by atoms with Crippen molar-refractivity contribution in [2.45, 2.75) is 19.1 Å². The van der Waals surface area contributed by atoms with Gasteiger partial charge in [0.1, 0.15) is 6.10 Å². The summed E-state index contributed by atoms with van der Waals surface area (Å²) in [6.45, 7) is 0.475. The number of amides is 1. The molecule has 0 spiro atoms. The topological polar surface area (TPSA) is 53.4 Å². The van der Waals surface area contributed by atoms with Crippen LogP contribution in [-0.4, -0.2) is 46.1 Å². The van der Waals surface area contributed by atoms with Gasteiger partial charge in [0.2, 0.25) is 0 Å². The first-order valence-corrected chi connectivity index (χ1v) is 6.85. The summed E-state index contributed by atoms with van der Waals surface area (Å²) < 4.78 is 0. The summed E-state index contributed by atoms with van der Waals surface area (Å²) in [5.74, 6) is 0.552. The first kappa shape index (κ1) is 14.0. The number of rotatable bonds is 6. The molecular formula is C12H18N2O2S. The van der Waals surface area contributed by atoms with Gasteiger partial charge in [-0.1, -0.05) is 6.07 Å². The van der Waals surface area contributed by atoms with Gasteiger partial charge in [0.05, 0.1) is 0 Å². The fraction of sp³-hybridized carbons (Fsp3) is 0.500. The van der Waals surface area contributed by atoms with Crippen molar-refractivity contribution < 1.29 is 9.90 Å². The summed E-state index contributed by atoms with van der Waals surface area (Å²) in [5.41, 5.74) is 0.959. The van der Waals surface area contributed by atoms with Crippen LogP contribution in [0.25, 0.3) is 0 Å². The zero-order valence-corrected chi connectivity index (χ0v) is 11.0. The number of hydrogen-bond acceptors (Lipinski definition) is 4. The highest BCUT2D eigenvalue weighted by atomic mass is 32.2. The minimum atomic E-state index is -0.899. The number of pyridine rings is 1. The molecule has 1 aromatic rings. The van der Waals surface area contributed by atoms with Crippen LogP contribution in [0.4, 0.5) is 0 Å². The molecule has 0 aliphatic heterocycles. The highest BCUT2D eigenvalue weighted by Crippen LogP contribution is 2.06. The van der Waals surface area contributed by atoms with Crippen molar-refractivity contribution in [2.24, 2.45) is 0 Å². The maximum Gasteiger partial charge on any atom is 0.251 e. The van der Waals surface area contributed by atoms with Crippen LogP contribution in [0, 0.1) is 0 Å². The number of hydrogen-bond donors (Lipinski definition) is 1. The zero-order chi connectivity index (χ0) is 12.7. The second-order valence-electron chi connectivity index (χ2n) is 3.85. The standard InChI is InChI=1S/C12H18N2O2S/c1-14(9-10-4-3-6-13-8-10)12(16)11(15)5-7-17-2/h3-4,6,8,11,15H,5,7,9H2,1-2H3. The number of nitrogens with zero attached hydrogens (tertiary/aromatic N) is 2. The van der Waals surface area contributed by atoms with Gasteiger partial charge >= 0.3 is 0 Å². The van der Waals surface area contributed by atoms with Crippen molar-refractivity contribution in [3.8, 4) is 0 Å². The molecule has 94 valence electrons. The lowest BCUT2D eigenvalue weighted by molar-refractivity contribution is -0.139. The average molecular weight is 254 g/mol. The highest BCUT2D eigenvalue weighted by Gasteiger charge is 2.18. The minimum absolute atomic E-state index is 0.233. The van der Waals surface area contributed by atoms with Crippen LogP contribution >= 0.6 is 11.8 Å². The van der Waals surface area contributed by atoms with E-state index in [4.69, 9.17) is 0 Å². The van der Waals surface area contributed by atoms with Crippen LogP contribution in [0.2, 0.25) is 0 Å². The molecular weight excluding hydrogens is 236 g/mol. The van der Waals surface area contributed by atoms with E-state index in [-0.39, 0.29) is 5.91 Å². The number of aromatic nitrogens is 1. The predicted molar refractivity (Wildman–Crippen MR) is 69.7 cm³/mol. The molecule has 0 saturated carbocycles. The SMILES string of the molecule is CSCCC(O)C(=O)N(C)Cc1cccnc1. The lowest BCUT2D eigenvalue weighted by Gasteiger charge is -2.20. The molecule has 0 radical (unpaired) electrons. The fourth-order valence-electron chi connectivity index (χ4n) is 1.45. The van der Waals surface area contributed by atoms with Crippen molar-refractivity contribution in [2.75, 3.05) is 19.1 Å². The number of aliphatic hydroxyl groups excluding tert-OH is 1. The quantitative estimate of drug-likeness (QED) is 0.827. The number of thioether (sulfide) groups is 1. The summed E-state index contributed by atoms with van der Waals surface area (Å²) in [4.78, 5) is 17.3. The van der Waals surface area contributed by atoms with E-state index in [1.807, 2.05) is 18.4 Å². The summed E-state index contributed by atoms with van der Waals surface area (Å²) >= 11 is 1.62. The Hall–Kier alpha value is -1.07. The first-order chi connectivity index (χ1) is 8.15. The lowest BCUT2D eigenvalue weighted by atomic mass is 10.2. The van der Waals surface area contributed by atoms with Gasteiger partial charge in [-0.2, -0.15) is 11.8 Å². The number of carbonyl (C=O) groups excluding carboxylic acids is 1. The Morgan fingerprint density at radius 2 is 2.41 bits per heavy atom. The molecule has 1 atom stereocenters. The monoisotopic (exact) mass is 254 g/mol. The van der Waals surface area contributed by atoms with Gasteiger partial charge in [0.15, 0.2) is 0 Å². The third-order valence-corrected chi connectivity index (χ3v) is 3.04. The van der Waals surface area contributed by atoms with Crippen molar-refractivity contribution in [1.82, 2.24) is 9.88 Å². The molecule has 4 nitrogen and oxygen atoms in total. The van der Waals surface area contributed by atoms with Gasteiger partial charge in [-0.15, -0.1) is 0 Å². The molecule has 17 heavy (non-hydrogen) atoms. The van der Waals surface area contributed by atoms with Crippen LogP contribution in [0.3, 0.4) is 0 Å². The molecule has 5 heteroatoms. The summed E-state index contributed by atoms with van der Waals surface area (Å²) in [6.07, 6.45) is 4.97. The summed E-state index contributed by atoms with van der Waals surface area (Å²) in [5, 5.41) is 9.68. The summed E-state index contributed by atoms with van der Waals surface area (Å²) in [7, 11) is 1.69. The third-order valence-electron chi connectivity index (χ3n) is 2.40. The molecule has 1 N–H and O–H groups in total. The molecule has 0 saturated heterocycles. The largest absolute Gasteiger partial charge is 0.383 e. The number of carbonyl (C=O) groups is 1. The van der Waals surface area contributed by atoms with Gasteiger partial charge < -0.3 is 10.0 Å². The van der Waals surface area contributed by atoms with E-state index in [1.54, 1.807) is 31.2 Å². The van der Waals surface area contributed by atoms with Crippen LogP contribution in [0.1, 0.15) is 12.0 Å². The maximum atomic E-state index is 11.8. The lowest BCUT2D eigenvalue weighted by Crippen LogP contribution is -2.36. The first-order valence-electron chi connectivity index (χ1n) is 5.46. The van der Waals surface area contributed by atoms with Gasteiger partial charge in [0, 0.05) is 26.0 Å². The maximum absolute atomic E-state index is 11.8. The van der Waals surface area contributed by atoms with E-state index in [1.165, 1.54) is 4.90 Å². The molecule has 1 aromatic heterocycles. The van der Waals surface area contributed by atoms with E-state index in [0.29, 0.717) is 13.0 Å². The van der Waals surface area contributed by atoms with Gasteiger partial charge in [-0.05, 0) is 30.1 Å². The highest BCUT2D eigenvalue weighted by molar-refractivity contribution is 7.98. The van der Waals surface area contributed by atoms with Crippen LogP contribution in [0.15, 0.2) is 24.5 Å². The van der Waals surface area contributed by atoms with E-state index in [2.05, 4.69) is 4.98 Å². The second-order valence-corrected chi connectivity index (χ2v) is 4.84. The van der Waals surface area contributed by atoms with E-state index >= 15 is 0 Å². The molecule has 1 heterocycles. The van der Waals surface area contributed by atoms with Gasteiger partial charge in [0.25, 0.3) is 5.91 Å². The molecule has 0 aliphatic rings. The van der Waals surface area contributed by atoms with Crippen molar-refractivity contribution in [3.05, 3.63) is 30.1 Å². The minimum Gasteiger partial charge on any atom is -0.383 e. The van der Waals surface area contributed by atoms with Crippen molar-refractivity contribution in [1.29, 1.82) is 0 Å². The van der Waals surface area contributed by atoms with Crippen LogP contribution in [-0.2, 0) is 11.3 Å². The Kier molecular flexibility index (Phi) is 6.00. The number of aliphatic hydroxyl groups is 1. The van der Waals surface area contributed by atoms with Crippen LogP contribution in [0.5, 0.6) is 0 Å². The van der Waals surface area contributed by atoms with Crippen molar-refractivity contribution in [3.63, 3.8) is 0 Å². The normalized spacial score (nSPS) is 12.2. The Balaban J connectivity index is 2.47. The number of likely N-dealkylation sites (N-methyl/N-ethyl adjacent to an activating group) is 1. The van der Waals surface area contributed by atoms with E-state index < -0.39 is 6.10 Å². The fourth-order valence-corrected chi connectivity index (χ4v) is 1.91. The molecule has 1 unspecified atom stereocenters. The molecule has 0 fully saturated rings. The Bertz CT molecular complexity index is 346. The van der Waals surface area contributed by atoms with Crippen LogP contribution < -0.4 is 0 Å². The Morgan fingerprint density at radius 1 is 1.65 bits per heavy atom. The van der Waals surface area contributed by atoms with E-state index in [9.17, 15) is 9.90 Å². The average Bonchev–Trinajstić information content (AvgIpc) is 2.36. The molecule has 1 rings (SSSR count).